The summed E-state index contributed by atoms with van der Waals surface area (Å²) >= 11 is 3.07. The summed E-state index contributed by atoms with van der Waals surface area (Å²) in [5.41, 5.74) is 4.14. The number of hydrogen-bond donors (Lipinski definition) is 0. The molecule has 0 aliphatic carbocycles. The Hall–Kier alpha value is -4.09. The van der Waals surface area contributed by atoms with Crippen LogP contribution in [0.1, 0.15) is 4.88 Å². The molecule has 0 aliphatic heterocycles. The van der Waals surface area contributed by atoms with Crippen LogP contribution in [0, 0.1) is 34.0 Å². The summed E-state index contributed by atoms with van der Waals surface area (Å²) in [5, 5.41) is 30.0. The van der Waals surface area contributed by atoms with Crippen molar-refractivity contribution in [2.24, 2.45) is 0 Å². The van der Waals surface area contributed by atoms with Crippen LogP contribution in [0.15, 0.2) is 71.6 Å². The zero-order valence-electron chi connectivity index (χ0n) is 17.4. The van der Waals surface area contributed by atoms with E-state index in [-0.39, 0.29) is 11.1 Å². The van der Waals surface area contributed by atoms with Crippen molar-refractivity contribution < 1.29 is 0 Å². The predicted octanol–water partition coefficient (Wildman–Crippen LogP) is 6.32. The molecular weight excluding hydrogens is 434 g/mol. The van der Waals surface area contributed by atoms with Gasteiger partial charge in [-0.05, 0) is 60.0 Å². The first-order valence-corrected chi connectivity index (χ1v) is 11.4. The Kier molecular flexibility index (Phi) is 5.92. The smallest absolute Gasteiger partial charge is 0.148 e. The molecule has 1 aromatic carbocycles. The second-order valence-electron chi connectivity index (χ2n) is 7.08. The van der Waals surface area contributed by atoms with E-state index in [1.165, 1.54) is 11.3 Å². The molecule has 5 nitrogen and oxygen atoms in total. The Labute approximate surface area is 194 Å². The van der Waals surface area contributed by atoms with Gasteiger partial charge in [-0.2, -0.15) is 15.8 Å². The van der Waals surface area contributed by atoms with Crippen LogP contribution in [0.3, 0.4) is 0 Å². The molecule has 0 saturated heterocycles. The van der Waals surface area contributed by atoms with Crippen LogP contribution in [0.25, 0.3) is 32.4 Å². The molecule has 7 heteroatoms. The van der Waals surface area contributed by atoms with Gasteiger partial charge in [0.1, 0.15) is 23.8 Å². The third-order valence-corrected chi connectivity index (χ3v) is 6.99. The largest absolute Gasteiger partial charge is 0.378 e. The summed E-state index contributed by atoms with van der Waals surface area (Å²) in [7, 11) is 4.02. The van der Waals surface area contributed by atoms with Crippen LogP contribution in [-0.2, 0) is 0 Å². The highest BCUT2D eigenvalue weighted by atomic mass is 32.1. The number of nitriles is 3. The van der Waals surface area contributed by atoms with Crippen molar-refractivity contribution in [3.05, 3.63) is 76.5 Å². The molecule has 4 rings (SSSR count). The van der Waals surface area contributed by atoms with Crippen LogP contribution in [0.4, 0.5) is 5.69 Å². The summed E-state index contributed by atoms with van der Waals surface area (Å²) in [6.07, 6.45) is 0. The minimum Gasteiger partial charge on any atom is -0.378 e. The van der Waals surface area contributed by atoms with Gasteiger partial charge in [0.05, 0.1) is 26.7 Å². The highest BCUT2D eigenvalue weighted by Crippen LogP contribution is 2.39. The van der Waals surface area contributed by atoms with Crippen molar-refractivity contribution in [2.75, 3.05) is 19.0 Å². The highest BCUT2D eigenvalue weighted by Gasteiger charge is 2.18. The quantitative estimate of drug-likeness (QED) is 0.332. The van der Waals surface area contributed by atoms with E-state index >= 15 is 0 Å². The van der Waals surface area contributed by atoms with E-state index in [0.717, 1.165) is 32.5 Å². The molecule has 0 saturated carbocycles. The fourth-order valence-corrected chi connectivity index (χ4v) is 5.17. The molecule has 0 amide bonds. The van der Waals surface area contributed by atoms with Gasteiger partial charge in [-0.25, -0.2) is 0 Å². The minimum absolute atomic E-state index is 0.109. The molecule has 0 bridgehead atoms. The van der Waals surface area contributed by atoms with E-state index in [4.69, 9.17) is 0 Å². The molecule has 0 radical (unpaired) electrons. The number of anilines is 1. The van der Waals surface area contributed by atoms with Crippen molar-refractivity contribution in [2.45, 2.75) is 0 Å². The SMILES string of the molecule is CN(C)c1ccc(-n2c(-c3cccs3)ccc2-c2ccc(C(C#N)=C(C#N)C#N)s2)cc1. The second kappa shape index (κ2) is 8.96. The first kappa shape index (κ1) is 21.2. The molecule has 3 heterocycles. The van der Waals surface area contributed by atoms with E-state index in [1.54, 1.807) is 17.4 Å². The van der Waals surface area contributed by atoms with Crippen molar-refractivity contribution in [1.29, 1.82) is 15.8 Å². The third kappa shape index (κ3) is 3.82. The van der Waals surface area contributed by atoms with Crippen LogP contribution in [0.2, 0.25) is 0 Å². The molecule has 0 spiro atoms. The van der Waals surface area contributed by atoms with Gasteiger partial charge >= 0.3 is 0 Å². The maximum atomic E-state index is 9.51. The summed E-state index contributed by atoms with van der Waals surface area (Å²) in [6, 6.07) is 26.0. The highest BCUT2D eigenvalue weighted by molar-refractivity contribution is 7.16. The summed E-state index contributed by atoms with van der Waals surface area (Å²) in [5.74, 6) is 0. The molecule has 154 valence electrons. The lowest BCUT2D eigenvalue weighted by atomic mass is 10.1. The fraction of sp³-hybridized carbons (Fsp3) is 0.0800. The minimum atomic E-state index is -0.171. The molecule has 0 aliphatic rings. The van der Waals surface area contributed by atoms with E-state index < -0.39 is 0 Å². The maximum absolute atomic E-state index is 9.51. The monoisotopic (exact) mass is 451 g/mol. The zero-order chi connectivity index (χ0) is 22.7. The molecule has 32 heavy (non-hydrogen) atoms. The van der Waals surface area contributed by atoms with Crippen molar-refractivity contribution in [1.82, 2.24) is 4.57 Å². The Morgan fingerprint density at radius 1 is 0.812 bits per heavy atom. The first-order valence-electron chi connectivity index (χ1n) is 9.66. The Morgan fingerprint density at radius 2 is 1.50 bits per heavy atom. The third-order valence-electron chi connectivity index (χ3n) is 4.97. The average molecular weight is 452 g/mol. The van der Waals surface area contributed by atoms with Gasteiger partial charge in [0.25, 0.3) is 0 Å². The van der Waals surface area contributed by atoms with E-state index in [0.29, 0.717) is 4.88 Å². The number of nitrogens with zero attached hydrogens (tertiary/aromatic N) is 5. The van der Waals surface area contributed by atoms with Gasteiger partial charge in [0.2, 0.25) is 0 Å². The first-order chi connectivity index (χ1) is 15.6. The van der Waals surface area contributed by atoms with Crippen LogP contribution >= 0.6 is 22.7 Å². The predicted molar refractivity (Wildman–Crippen MR) is 130 cm³/mol. The number of hydrogen-bond acceptors (Lipinski definition) is 6. The van der Waals surface area contributed by atoms with Gasteiger partial charge in [0.15, 0.2) is 0 Å². The van der Waals surface area contributed by atoms with Crippen LogP contribution < -0.4 is 4.90 Å². The summed E-state index contributed by atoms with van der Waals surface area (Å²) in [4.78, 5) is 4.76. The molecule has 3 aromatic heterocycles. The summed E-state index contributed by atoms with van der Waals surface area (Å²) < 4.78 is 2.20. The Bertz CT molecular complexity index is 1400. The lowest BCUT2D eigenvalue weighted by Gasteiger charge is -2.16. The van der Waals surface area contributed by atoms with Crippen LogP contribution in [0.5, 0.6) is 0 Å². The molecule has 0 N–H and O–H groups in total. The molecular formula is C25H17N5S2. The van der Waals surface area contributed by atoms with Gasteiger partial charge in [-0.15, -0.1) is 22.7 Å². The average Bonchev–Trinajstić information content (AvgIpc) is 3.57. The van der Waals surface area contributed by atoms with E-state index in [9.17, 15) is 15.8 Å². The fourth-order valence-electron chi connectivity index (χ4n) is 3.40. The lowest BCUT2D eigenvalue weighted by Crippen LogP contribution is -2.08. The van der Waals surface area contributed by atoms with Crippen molar-refractivity contribution >= 4 is 33.9 Å². The molecule has 0 unspecified atom stereocenters. The molecule has 0 atom stereocenters. The van der Waals surface area contributed by atoms with E-state index in [1.807, 2.05) is 44.4 Å². The molecule has 4 aromatic rings. The normalized spacial score (nSPS) is 10.1. The van der Waals surface area contributed by atoms with Crippen molar-refractivity contribution in [3.8, 4) is 45.0 Å². The number of allylic oxidation sites excluding steroid dienone is 2. The summed E-state index contributed by atoms with van der Waals surface area (Å²) in [6.45, 7) is 0. The molecule has 0 fully saturated rings. The topological polar surface area (TPSA) is 79.5 Å². The lowest BCUT2D eigenvalue weighted by molar-refractivity contribution is 1.09. The van der Waals surface area contributed by atoms with Gasteiger partial charge in [-0.3, -0.25) is 0 Å². The standard InChI is InChI=1S/C25H17N5S2/c1-29(2)18-5-7-19(8-6-18)30-21(24-4-3-13-31-24)9-10-22(30)25-12-11-23(32-25)20(16-28)17(14-26)15-27/h3-13H,1-2H3. The Morgan fingerprint density at radius 3 is 2.06 bits per heavy atom. The van der Waals surface area contributed by atoms with Gasteiger partial charge in [-0.1, -0.05) is 6.07 Å². The number of thiophene rings is 2. The maximum Gasteiger partial charge on any atom is 0.148 e. The van der Waals surface area contributed by atoms with Crippen molar-refractivity contribution in [3.63, 3.8) is 0 Å². The number of benzene rings is 1. The van der Waals surface area contributed by atoms with E-state index in [2.05, 4.69) is 57.3 Å². The van der Waals surface area contributed by atoms with Gasteiger partial charge < -0.3 is 9.47 Å². The van der Waals surface area contributed by atoms with Crippen LogP contribution in [-0.4, -0.2) is 18.7 Å². The zero-order valence-corrected chi connectivity index (χ0v) is 19.0. The number of aromatic nitrogens is 1. The Balaban J connectivity index is 1.88. The van der Waals surface area contributed by atoms with Gasteiger partial charge in [0, 0.05) is 30.3 Å². The number of rotatable bonds is 5. The second-order valence-corrected chi connectivity index (χ2v) is 9.11.